The van der Waals surface area contributed by atoms with Crippen molar-refractivity contribution in [2.45, 2.75) is 0 Å². The van der Waals surface area contributed by atoms with Crippen LogP contribution in [0.5, 0.6) is 0 Å². The molecular weight excluding hydrogens is 593 g/mol. The Balaban J connectivity index is 1.29. The van der Waals surface area contributed by atoms with Crippen LogP contribution in [0.3, 0.4) is 0 Å². The zero-order valence-electron chi connectivity index (χ0n) is 26.6. The molecule has 0 N–H and O–H groups in total. The largest absolute Gasteiger partial charge is 0.456 e. The minimum absolute atomic E-state index is 0.910. The zero-order valence-corrected chi connectivity index (χ0v) is 26.6. The van der Waals surface area contributed by atoms with Crippen LogP contribution in [-0.4, -0.2) is 0 Å². The fourth-order valence-corrected chi connectivity index (χ4v) is 8.51. The first-order chi connectivity index (χ1) is 24.3. The normalized spacial score (nSPS) is 12.1. The van der Waals surface area contributed by atoms with Crippen LogP contribution in [0.15, 0.2) is 174 Å². The summed E-state index contributed by atoms with van der Waals surface area (Å²) >= 11 is 0. The van der Waals surface area contributed by atoms with Crippen LogP contribution >= 0.6 is 0 Å². The Morgan fingerprint density at radius 1 is 0.265 bits per heavy atom. The van der Waals surface area contributed by atoms with Crippen molar-refractivity contribution in [2.75, 3.05) is 0 Å². The zero-order chi connectivity index (χ0) is 32.1. The van der Waals surface area contributed by atoms with Crippen molar-refractivity contribution in [2.24, 2.45) is 0 Å². The van der Waals surface area contributed by atoms with Crippen molar-refractivity contribution in [3.05, 3.63) is 170 Å². The van der Waals surface area contributed by atoms with E-state index in [0.717, 1.165) is 21.9 Å². The Kier molecular flexibility index (Phi) is 5.45. The van der Waals surface area contributed by atoms with E-state index in [1.165, 1.54) is 86.9 Å². The molecule has 0 aliphatic rings. The van der Waals surface area contributed by atoms with Gasteiger partial charge in [0, 0.05) is 10.8 Å². The van der Waals surface area contributed by atoms with E-state index >= 15 is 0 Å². The lowest BCUT2D eigenvalue weighted by atomic mass is 9.83. The van der Waals surface area contributed by atoms with Gasteiger partial charge >= 0.3 is 0 Å². The fraction of sp³-hybridized carbons (Fsp3) is 0. The summed E-state index contributed by atoms with van der Waals surface area (Å²) in [6.07, 6.45) is 0. The predicted molar refractivity (Wildman–Crippen MR) is 210 cm³/mol. The molecule has 1 heterocycles. The van der Waals surface area contributed by atoms with Gasteiger partial charge < -0.3 is 4.42 Å². The van der Waals surface area contributed by atoms with Crippen LogP contribution in [0.4, 0.5) is 0 Å². The van der Waals surface area contributed by atoms with Gasteiger partial charge in [0.2, 0.25) is 0 Å². The SMILES string of the molecule is c1ccc2cc3c(cc2c1)oc1cccc(-c2c4ccccc4c(-c4cc5ccc6ccccc6c5c5ccccc45)c4ccccc24)c13. The molecule has 1 nitrogen and oxygen atoms in total. The average Bonchev–Trinajstić information content (AvgIpc) is 3.53. The van der Waals surface area contributed by atoms with Crippen molar-refractivity contribution in [3.63, 3.8) is 0 Å². The summed E-state index contributed by atoms with van der Waals surface area (Å²) in [5.41, 5.74) is 6.80. The third kappa shape index (κ3) is 3.76. The molecule has 0 amide bonds. The van der Waals surface area contributed by atoms with Crippen molar-refractivity contribution in [3.8, 4) is 22.3 Å². The van der Waals surface area contributed by atoms with E-state index in [4.69, 9.17) is 4.42 Å². The van der Waals surface area contributed by atoms with Crippen LogP contribution in [0, 0.1) is 0 Å². The van der Waals surface area contributed by atoms with E-state index in [-0.39, 0.29) is 0 Å². The number of fused-ring (bicyclic) bond motifs is 11. The lowest BCUT2D eigenvalue weighted by molar-refractivity contribution is 0.669. The summed E-state index contributed by atoms with van der Waals surface area (Å²) in [5.74, 6) is 0. The Morgan fingerprint density at radius 3 is 1.49 bits per heavy atom. The Bertz CT molecular complexity index is 3100. The van der Waals surface area contributed by atoms with Crippen molar-refractivity contribution in [1.82, 2.24) is 0 Å². The van der Waals surface area contributed by atoms with E-state index in [2.05, 4.69) is 170 Å². The monoisotopic (exact) mass is 620 g/mol. The summed E-state index contributed by atoms with van der Waals surface area (Å²) in [6.45, 7) is 0. The standard InChI is InChI=1S/C48H28O/c1-2-14-31-28-44-42(26-30(31)13-1)48-40(22-11-23-43(48)49-44)46-36-18-7-9-20-38(36)47(39-21-10-8-19-37(39)46)41-27-32-25-24-29-12-3-4-15-33(29)45(32)35-17-6-5-16-34(35)41/h1-28H. The highest BCUT2D eigenvalue weighted by molar-refractivity contribution is 6.30. The molecule has 11 rings (SSSR count). The first-order valence-corrected chi connectivity index (χ1v) is 16.9. The minimum atomic E-state index is 0.910. The lowest BCUT2D eigenvalue weighted by Crippen LogP contribution is -1.93. The molecule has 226 valence electrons. The van der Waals surface area contributed by atoms with Gasteiger partial charge in [0.1, 0.15) is 11.2 Å². The Morgan fingerprint density at radius 2 is 0.796 bits per heavy atom. The van der Waals surface area contributed by atoms with Crippen LogP contribution < -0.4 is 0 Å². The van der Waals surface area contributed by atoms with E-state index in [9.17, 15) is 0 Å². The number of benzene rings is 10. The maximum absolute atomic E-state index is 6.56. The highest BCUT2D eigenvalue weighted by Gasteiger charge is 2.22. The highest BCUT2D eigenvalue weighted by Crippen LogP contribution is 2.49. The van der Waals surface area contributed by atoms with Gasteiger partial charge in [-0.15, -0.1) is 0 Å². The molecule has 0 atom stereocenters. The summed E-state index contributed by atoms with van der Waals surface area (Å²) in [7, 11) is 0. The molecule has 0 spiro atoms. The molecule has 0 aliphatic carbocycles. The quantitative estimate of drug-likeness (QED) is 0.138. The van der Waals surface area contributed by atoms with Crippen LogP contribution in [-0.2, 0) is 0 Å². The summed E-state index contributed by atoms with van der Waals surface area (Å²) < 4.78 is 6.56. The van der Waals surface area contributed by atoms with E-state index in [1.54, 1.807) is 0 Å². The minimum Gasteiger partial charge on any atom is -0.456 e. The molecular formula is C48H28O. The smallest absolute Gasteiger partial charge is 0.136 e. The van der Waals surface area contributed by atoms with Crippen LogP contribution in [0.25, 0.3) is 109 Å². The van der Waals surface area contributed by atoms with E-state index in [1.807, 2.05) is 0 Å². The number of rotatable bonds is 2. The maximum Gasteiger partial charge on any atom is 0.136 e. The topological polar surface area (TPSA) is 13.1 Å². The van der Waals surface area contributed by atoms with Gasteiger partial charge in [0.15, 0.2) is 0 Å². The van der Waals surface area contributed by atoms with Gasteiger partial charge in [0.25, 0.3) is 0 Å². The molecule has 1 heteroatoms. The van der Waals surface area contributed by atoms with Crippen LogP contribution in [0.2, 0.25) is 0 Å². The molecule has 0 aliphatic heterocycles. The predicted octanol–water partition coefficient (Wildman–Crippen LogP) is 13.8. The average molecular weight is 621 g/mol. The second-order valence-electron chi connectivity index (χ2n) is 13.2. The highest BCUT2D eigenvalue weighted by atomic mass is 16.3. The van der Waals surface area contributed by atoms with Gasteiger partial charge in [-0.3, -0.25) is 0 Å². The fourth-order valence-electron chi connectivity index (χ4n) is 8.51. The molecule has 0 fully saturated rings. The Labute approximate surface area is 282 Å². The molecule has 0 unspecified atom stereocenters. The van der Waals surface area contributed by atoms with Gasteiger partial charge in [-0.25, -0.2) is 0 Å². The first kappa shape index (κ1) is 26.6. The number of furan rings is 1. The van der Waals surface area contributed by atoms with Gasteiger partial charge in [0.05, 0.1) is 0 Å². The second-order valence-corrected chi connectivity index (χ2v) is 13.2. The molecule has 11 aromatic rings. The van der Waals surface area contributed by atoms with Gasteiger partial charge in [-0.05, 0) is 111 Å². The molecule has 0 bridgehead atoms. The third-order valence-corrected chi connectivity index (χ3v) is 10.6. The first-order valence-electron chi connectivity index (χ1n) is 16.9. The van der Waals surface area contributed by atoms with Crippen molar-refractivity contribution < 1.29 is 4.42 Å². The summed E-state index contributed by atoms with van der Waals surface area (Å²) in [4.78, 5) is 0. The molecule has 0 saturated carbocycles. The molecule has 1 aromatic heterocycles. The van der Waals surface area contributed by atoms with Crippen molar-refractivity contribution >= 4 is 86.6 Å². The van der Waals surface area contributed by atoms with Gasteiger partial charge in [-0.2, -0.15) is 0 Å². The number of hydrogen-bond donors (Lipinski definition) is 0. The molecule has 10 aromatic carbocycles. The summed E-state index contributed by atoms with van der Waals surface area (Å²) in [5, 5.41) is 17.4. The van der Waals surface area contributed by atoms with Gasteiger partial charge in [-0.1, -0.05) is 146 Å². The number of hydrogen-bond acceptors (Lipinski definition) is 1. The van der Waals surface area contributed by atoms with Crippen molar-refractivity contribution in [1.29, 1.82) is 0 Å². The second kappa shape index (κ2) is 10.0. The maximum atomic E-state index is 6.56. The van der Waals surface area contributed by atoms with E-state index in [0.29, 0.717) is 0 Å². The third-order valence-electron chi connectivity index (χ3n) is 10.6. The lowest BCUT2D eigenvalue weighted by Gasteiger charge is -2.20. The Hall–Kier alpha value is -6.44. The molecule has 0 radical (unpaired) electrons. The van der Waals surface area contributed by atoms with E-state index < -0.39 is 0 Å². The summed E-state index contributed by atoms with van der Waals surface area (Å²) in [6, 6.07) is 62.1. The molecule has 49 heavy (non-hydrogen) atoms. The van der Waals surface area contributed by atoms with Crippen LogP contribution in [0.1, 0.15) is 0 Å². The molecule has 0 saturated heterocycles.